The Morgan fingerprint density at radius 1 is 0.839 bits per heavy atom. The number of benzene rings is 1. The Labute approximate surface area is 194 Å². The maximum atomic E-state index is 13.2. The predicted octanol–water partition coefficient (Wildman–Crippen LogP) is 9.57. The first-order valence-corrected chi connectivity index (χ1v) is 12.6. The number of esters is 1. The molecule has 0 fully saturated rings. The van der Waals surface area contributed by atoms with E-state index in [1.807, 2.05) is 12.1 Å². The van der Waals surface area contributed by atoms with Crippen LogP contribution in [0.3, 0.4) is 0 Å². The lowest BCUT2D eigenvalue weighted by molar-refractivity contribution is -0.154. The average Bonchev–Trinajstić information content (AvgIpc) is 2.64. The second-order valence-corrected chi connectivity index (χ2v) is 11.6. The summed E-state index contributed by atoms with van der Waals surface area (Å²) < 4.78 is 5.89. The van der Waals surface area contributed by atoms with Gasteiger partial charge in [0.25, 0.3) is 0 Å². The first-order chi connectivity index (χ1) is 14.3. The fourth-order valence-corrected chi connectivity index (χ4v) is 4.01. The SMILES string of the molecule is CCC.CCCCC(CCC)c1ccc(OC(=O)C(C)(CC(C)(C)C)C(C)(C)C)cc1. The molecule has 2 heteroatoms. The maximum Gasteiger partial charge on any atom is 0.317 e. The quantitative estimate of drug-likeness (QED) is 0.287. The molecule has 1 aromatic rings. The Hall–Kier alpha value is -1.31. The Balaban J connectivity index is 0.00000282. The minimum absolute atomic E-state index is 0.0531. The molecule has 2 atom stereocenters. The summed E-state index contributed by atoms with van der Waals surface area (Å²) in [6.07, 6.45) is 8.18. The van der Waals surface area contributed by atoms with Crippen molar-refractivity contribution < 1.29 is 9.53 Å². The summed E-state index contributed by atoms with van der Waals surface area (Å²) in [5, 5.41) is 0. The van der Waals surface area contributed by atoms with Crippen LogP contribution in [0, 0.1) is 16.2 Å². The lowest BCUT2D eigenvalue weighted by Crippen LogP contribution is -2.45. The van der Waals surface area contributed by atoms with Gasteiger partial charge in [-0.05, 0) is 60.6 Å². The highest BCUT2D eigenvalue weighted by Crippen LogP contribution is 2.47. The third-order valence-corrected chi connectivity index (χ3v) is 6.10. The summed E-state index contributed by atoms with van der Waals surface area (Å²) in [4.78, 5) is 13.2. The van der Waals surface area contributed by atoms with Crippen molar-refractivity contribution in [2.24, 2.45) is 16.2 Å². The highest BCUT2D eigenvalue weighted by molar-refractivity contribution is 5.79. The van der Waals surface area contributed by atoms with E-state index in [2.05, 4.69) is 88.3 Å². The number of carbonyl (C=O) groups excluding carboxylic acids is 1. The van der Waals surface area contributed by atoms with E-state index in [1.54, 1.807) is 0 Å². The van der Waals surface area contributed by atoms with Crippen LogP contribution in [0.25, 0.3) is 0 Å². The fourth-order valence-electron chi connectivity index (χ4n) is 4.01. The van der Waals surface area contributed by atoms with Crippen molar-refractivity contribution in [2.45, 2.75) is 127 Å². The minimum atomic E-state index is -0.546. The van der Waals surface area contributed by atoms with Gasteiger partial charge in [0.15, 0.2) is 0 Å². The first kappa shape index (κ1) is 29.7. The number of carbonyl (C=O) groups is 1. The van der Waals surface area contributed by atoms with Gasteiger partial charge in [-0.2, -0.15) is 0 Å². The summed E-state index contributed by atoms with van der Waals surface area (Å²) in [7, 11) is 0. The third-order valence-electron chi connectivity index (χ3n) is 6.10. The van der Waals surface area contributed by atoms with E-state index < -0.39 is 5.41 Å². The summed E-state index contributed by atoms with van der Waals surface area (Å²) in [5.41, 5.74) is 0.695. The molecule has 1 rings (SSSR count). The maximum absolute atomic E-state index is 13.2. The van der Waals surface area contributed by atoms with Gasteiger partial charge in [-0.15, -0.1) is 0 Å². The summed E-state index contributed by atoms with van der Waals surface area (Å²) in [6.45, 7) is 23.7. The Morgan fingerprint density at radius 3 is 1.74 bits per heavy atom. The Bertz CT molecular complexity index is 616. The zero-order valence-electron chi connectivity index (χ0n) is 22.7. The Kier molecular flexibility index (Phi) is 12.7. The van der Waals surface area contributed by atoms with Gasteiger partial charge in [0, 0.05) is 0 Å². The van der Waals surface area contributed by atoms with Gasteiger partial charge >= 0.3 is 5.97 Å². The average molecular weight is 433 g/mol. The van der Waals surface area contributed by atoms with Crippen molar-refractivity contribution in [1.82, 2.24) is 0 Å². The van der Waals surface area contributed by atoms with Crippen molar-refractivity contribution in [3.05, 3.63) is 29.8 Å². The molecule has 2 unspecified atom stereocenters. The van der Waals surface area contributed by atoms with Gasteiger partial charge in [0.05, 0.1) is 5.41 Å². The normalized spacial score (nSPS) is 14.8. The molecule has 0 aliphatic rings. The summed E-state index contributed by atoms with van der Waals surface area (Å²) >= 11 is 0. The van der Waals surface area contributed by atoms with Crippen molar-refractivity contribution in [1.29, 1.82) is 0 Å². The molecule has 0 heterocycles. The van der Waals surface area contributed by atoms with E-state index in [4.69, 9.17) is 4.74 Å². The van der Waals surface area contributed by atoms with Crippen LogP contribution in [-0.4, -0.2) is 5.97 Å². The lowest BCUT2D eigenvalue weighted by atomic mass is 9.61. The van der Waals surface area contributed by atoms with E-state index in [1.165, 1.54) is 44.1 Å². The molecule has 0 saturated carbocycles. The van der Waals surface area contributed by atoms with E-state index >= 15 is 0 Å². The van der Waals surface area contributed by atoms with Crippen molar-refractivity contribution in [3.8, 4) is 5.75 Å². The molecule has 0 aromatic heterocycles. The van der Waals surface area contributed by atoms with Crippen LogP contribution in [0.2, 0.25) is 0 Å². The molecule has 0 saturated heterocycles. The minimum Gasteiger partial charge on any atom is -0.426 e. The van der Waals surface area contributed by atoms with Crippen LogP contribution in [-0.2, 0) is 4.79 Å². The van der Waals surface area contributed by atoms with Gasteiger partial charge in [-0.1, -0.05) is 107 Å². The fraction of sp³-hybridized carbons (Fsp3) is 0.759. The zero-order valence-corrected chi connectivity index (χ0v) is 22.7. The largest absolute Gasteiger partial charge is 0.426 e. The van der Waals surface area contributed by atoms with Crippen LogP contribution in [0.15, 0.2) is 24.3 Å². The molecule has 31 heavy (non-hydrogen) atoms. The van der Waals surface area contributed by atoms with Gasteiger partial charge in [-0.3, -0.25) is 4.79 Å². The smallest absolute Gasteiger partial charge is 0.317 e. The number of hydrogen-bond acceptors (Lipinski definition) is 2. The molecule has 0 spiro atoms. The molecule has 1 aromatic carbocycles. The van der Waals surface area contributed by atoms with Crippen molar-refractivity contribution >= 4 is 5.97 Å². The van der Waals surface area contributed by atoms with Crippen LogP contribution in [0.5, 0.6) is 5.75 Å². The number of unbranched alkanes of at least 4 members (excludes halogenated alkanes) is 1. The monoisotopic (exact) mass is 432 g/mol. The second-order valence-electron chi connectivity index (χ2n) is 11.6. The lowest BCUT2D eigenvalue weighted by Gasteiger charge is -2.43. The summed E-state index contributed by atoms with van der Waals surface area (Å²) in [6, 6.07) is 8.25. The second kappa shape index (κ2) is 13.3. The van der Waals surface area contributed by atoms with Gasteiger partial charge in [0.2, 0.25) is 0 Å². The van der Waals surface area contributed by atoms with Crippen LogP contribution in [0.4, 0.5) is 0 Å². The number of hydrogen-bond donors (Lipinski definition) is 0. The standard InChI is InChI=1S/C26H44O2.C3H8/c1-10-12-14-20(13-11-2)21-15-17-22(18-16-21)28-23(27)26(9,25(6,7)8)19-24(3,4)5;1-3-2/h15-18,20H,10-14,19H2,1-9H3;3H2,1-2H3. The molecule has 0 amide bonds. The van der Waals surface area contributed by atoms with Gasteiger partial charge in [0.1, 0.15) is 5.75 Å². The van der Waals surface area contributed by atoms with Crippen molar-refractivity contribution in [3.63, 3.8) is 0 Å². The van der Waals surface area contributed by atoms with E-state index in [0.29, 0.717) is 11.7 Å². The van der Waals surface area contributed by atoms with Gasteiger partial charge in [-0.25, -0.2) is 0 Å². The molecule has 2 nitrogen and oxygen atoms in total. The molecule has 0 bridgehead atoms. The van der Waals surface area contributed by atoms with Gasteiger partial charge < -0.3 is 4.74 Å². The third kappa shape index (κ3) is 10.2. The van der Waals surface area contributed by atoms with Crippen molar-refractivity contribution in [2.75, 3.05) is 0 Å². The van der Waals surface area contributed by atoms with Crippen LogP contribution >= 0.6 is 0 Å². The highest BCUT2D eigenvalue weighted by atomic mass is 16.5. The molecular formula is C29H52O2. The van der Waals surface area contributed by atoms with Crippen LogP contribution in [0.1, 0.15) is 133 Å². The molecule has 180 valence electrons. The molecule has 0 aliphatic heterocycles. The summed E-state index contributed by atoms with van der Waals surface area (Å²) in [5.74, 6) is 1.14. The molecule has 0 aliphatic carbocycles. The topological polar surface area (TPSA) is 26.3 Å². The van der Waals surface area contributed by atoms with E-state index in [-0.39, 0.29) is 16.8 Å². The number of ether oxygens (including phenoxy) is 1. The zero-order chi connectivity index (χ0) is 24.3. The van der Waals surface area contributed by atoms with E-state index in [0.717, 1.165) is 6.42 Å². The molecule has 0 N–H and O–H groups in total. The van der Waals surface area contributed by atoms with Crippen LogP contribution < -0.4 is 4.74 Å². The van der Waals surface area contributed by atoms with E-state index in [9.17, 15) is 4.79 Å². The highest BCUT2D eigenvalue weighted by Gasteiger charge is 2.47. The molecular weight excluding hydrogens is 380 g/mol. The number of rotatable bonds is 9. The predicted molar refractivity (Wildman–Crippen MR) is 137 cm³/mol. The Morgan fingerprint density at radius 2 is 1.35 bits per heavy atom. The molecule has 0 radical (unpaired) electrons. The first-order valence-electron chi connectivity index (χ1n) is 12.6.